The minimum atomic E-state index is -0.428. The van der Waals surface area contributed by atoms with Gasteiger partial charge < -0.3 is 14.2 Å². The molecule has 0 amide bonds. The summed E-state index contributed by atoms with van der Waals surface area (Å²) in [6, 6.07) is 0. The van der Waals surface area contributed by atoms with Gasteiger partial charge >= 0.3 is 11.9 Å². The molecule has 0 aliphatic heterocycles. The van der Waals surface area contributed by atoms with Gasteiger partial charge in [-0.3, -0.25) is 0 Å². The number of esters is 2. The molecule has 6 heteroatoms. The van der Waals surface area contributed by atoms with Crippen molar-refractivity contribution in [2.45, 2.75) is 6.92 Å². The van der Waals surface area contributed by atoms with E-state index in [9.17, 15) is 9.59 Å². The van der Waals surface area contributed by atoms with E-state index in [0.717, 1.165) is 0 Å². The summed E-state index contributed by atoms with van der Waals surface area (Å²) in [5.74, 6) is -0.195. The van der Waals surface area contributed by atoms with E-state index < -0.39 is 5.97 Å². The molecule has 0 aromatic carbocycles. The molecule has 18 heavy (non-hydrogen) atoms. The highest BCUT2D eigenvalue weighted by molar-refractivity contribution is 7.96. The fourth-order valence-electron chi connectivity index (χ4n) is 0.910. The van der Waals surface area contributed by atoms with E-state index in [4.69, 9.17) is 14.2 Å². The van der Waals surface area contributed by atoms with Gasteiger partial charge in [0, 0.05) is 5.57 Å². The van der Waals surface area contributed by atoms with Gasteiger partial charge in [-0.05, 0) is 17.8 Å². The summed E-state index contributed by atoms with van der Waals surface area (Å²) in [5.41, 5.74) is 0.360. The molecule has 0 N–H and O–H groups in total. The third-order valence-electron chi connectivity index (χ3n) is 1.71. The van der Waals surface area contributed by atoms with Crippen LogP contribution in [0.5, 0.6) is 0 Å². The first-order valence-electron chi connectivity index (χ1n) is 5.53. The molecule has 0 aromatic heterocycles. The first-order chi connectivity index (χ1) is 8.43. The number of carbonyl (C=O) groups is 2. The molecule has 0 aliphatic carbocycles. The van der Waals surface area contributed by atoms with Crippen LogP contribution in [0.4, 0.5) is 0 Å². The van der Waals surface area contributed by atoms with Crippen molar-refractivity contribution in [3.8, 4) is 0 Å². The Morgan fingerprint density at radius 2 is 1.61 bits per heavy atom. The summed E-state index contributed by atoms with van der Waals surface area (Å²) in [7, 11) is 0.0532. The molecule has 0 unspecified atom stereocenters. The van der Waals surface area contributed by atoms with Gasteiger partial charge in [-0.1, -0.05) is 6.58 Å². The molecular weight excluding hydrogens is 256 g/mol. The second kappa shape index (κ2) is 9.96. The maximum atomic E-state index is 11.2. The van der Waals surface area contributed by atoms with Crippen LogP contribution in [0.3, 0.4) is 0 Å². The molecule has 0 bridgehead atoms. The van der Waals surface area contributed by atoms with E-state index in [0.29, 0.717) is 17.9 Å². The number of hydrogen-bond acceptors (Lipinski definition) is 5. The van der Waals surface area contributed by atoms with Crippen molar-refractivity contribution in [1.82, 2.24) is 0 Å². The normalized spacial score (nSPS) is 10.2. The zero-order valence-electron chi connectivity index (χ0n) is 11.2. The van der Waals surface area contributed by atoms with Gasteiger partial charge in [0.15, 0.2) is 0 Å². The standard InChI is InChI=1S/C12H21O5S/c1-10(2)12(14)17-8-6-15-5-7-16-11(13)9-18(3)4/h1,5-9H2,2-4H3/q+1. The average Bonchev–Trinajstić information content (AvgIpc) is 2.26. The predicted octanol–water partition coefficient (Wildman–Crippen LogP) is 0.543. The van der Waals surface area contributed by atoms with Crippen LogP contribution >= 0.6 is 0 Å². The Hall–Kier alpha value is -1.01. The minimum absolute atomic E-state index is 0.0532. The van der Waals surface area contributed by atoms with Gasteiger partial charge in [-0.25, -0.2) is 9.59 Å². The number of rotatable bonds is 9. The van der Waals surface area contributed by atoms with E-state index in [-0.39, 0.29) is 36.7 Å². The third kappa shape index (κ3) is 10.2. The average molecular weight is 277 g/mol. The van der Waals surface area contributed by atoms with Gasteiger partial charge in [0.1, 0.15) is 13.2 Å². The van der Waals surface area contributed by atoms with Crippen LogP contribution in [0.2, 0.25) is 0 Å². The van der Waals surface area contributed by atoms with E-state index >= 15 is 0 Å². The highest BCUT2D eigenvalue weighted by Gasteiger charge is 2.12. The largest absolute Gasteiger partial charge is 0.460 e. The molecule has 0 fully saturated rings. The molecule has 0 aromatic rings. The molecule has 0 saturated heterocycles. The van der Waals surface area contributed by atoms with E-state index in [1.807, 2.05) is 12.5 Å². The summed E-state index contributed by atoms with van der Waals surface area (Å²) in [6.45, 7) is 6.02. The van der Waals surface area contributed by atoms with Crippen molar-refractivity contribution in [2.24, 2.45) is 0 Å². The van der Waals surface area contributed by atoms with Crippen molar-refractivity contribution in [2.75, 3.05) is 44.7 Å². The monoisotopic (exact) mass is 277 g/mol. The van der Waals surface area contributed by atoms with Crippen molar-refractivity contribution < 1.29 is 23.8 Å². The van der Waals surface area contributed by atoms with Gasteiger partial charge in [-0.2, -0.15) is 0 Å². The first-order valence-corrected chi connectivity index (χ1v) is 7.74. The lowest BCUT2D eigenvalue weighted by molar-refractivity contribution is -0.142. The van der Waals surface area contributed by atoms with Gasteiger partial charge in [0.25, 0.3) is 0 Å². The van der Waals surface area contributed by atoms with Gasteiger partial charge in [-0.15, -0.1) is 0 Å². The van der Waals surface area contributed by atoms with Crippen LogP contribution in [-0.4, -0.2) is 56.6 Å². The Morgan fingerprint density at radius 3 is 2.11 bits per heavy atom. The highest BCUT2D eigenvalue weighted by atomic mass is 32.2. The summed E-state index contributed by atoms with van der Waals surface area (Å²) >= 11 is 0. The smallest absolute Gasteiger partial charge is 0.356 e. The fourth-order valence-corrected chi connectivity index (χ4v) is 1.47. The van der Waals surface area contributed by atoms with Crippen molar-refractivity contribution in [3.63, 3.8) is 0 Å². The second-order valence-corrected chi connectivity index (χ2v) is 6.14. The molecule has 0 radical (unpaired) electrons. The Labute approximate surface area is 111 Å². The van der Waals surface area contributed by atoms with Crippen LogP contribution in [0.25, 0.3) is 0 Å². The van der Waals surface area contributed by atoms with E-state index in [1.165, 1.54) is 0 Å². The molecule has 104 valence electrons. The van der Waals surface area contributed by atoms with Crippen LogP contribution in [-0.2, 0) is 34.7 Å². The molecule has 0 atom stereocenters. The maximum absolute atomic E-state index is 11.2. The predicted molar refractivity (Wildman–Crippen MR) is 71.6 cm³/mol. The first kappa shape index (κ1) is 17.0. The van der Waals surface area contributed by atoms with Crippen molar-refractivity contribution >= 4 is 22.8 Å². The van der Waals surface area contributed by atoms with Crippen LogP contribution in [0.15, 0.2) is 12.2 Å². The molecule has 0 saturated carbocycles. The lowest BCUT2D eigenvalue weighted by Gasteiger charge is -2.06. The summed E-state index contributed by atoms with van der Waals surface area (Å²) < 4.78 is 14.9. The van der Waals surface area contributed by atoms with Gasteiger partial charge in [0.05, 0.1) is 25.7 Å². The fraction of sp³-hybridized carbons (Fsp3) is 0.667. The number of carbonyl (C=O) groups excluding carboxylic acids is 2. The summed E-state index contributed by atoms with van der Waals surface area (Å²) in [6.07, 6.45) is 3.96. The summed E-state index contributed by atoms with van der Waals surface area (Å²) in [4.78, 5) is 22.1. The van der Waals surface area contributed by atoms with Crippen LogP contribution in [0, 0.1) is 0 Å². The zero-order valence-corrected chi connectivity index (χ0v) is 12.0. The molecule has 0 spiro atoms. The Morgan fingerprint density at radius 1 is 1.06 bits per heavy atom. The molecule has 0 aliphatic rings. The van der Waals surface area contributed by atoms with Crippen molar-refractivity contribution in [3.05, 3.63) is 12.2 Å². The Kier molecular flexibility index (Phi) is 9.40. The van der Waals surface area contributed by atoms with E-state index in [2.05, 4.69) is 6.58 Å². The molecule has 0 rings (SSSR count). The molecule has 0 heterocycles. The lowest BCUT2D eigenvalue weighted by atomic mass is 10.4. The van der Waals surface area contributed by atoms with Crippen LogP contribution < -0.4 is 0 Å². The minimum Gasteiger partial charge on any atom is -0.460 e. The van der Waals surface area contributed by atoms with Crippen LogP contribution in [0.1, 0.15) is 6.92 Å². The molecule has 5 nitrogen and oxygen atoms in total. The van der Waals surface area contributed by atoms with Crippen molar-refractivity contribution in [1.29, 1.82) is 0 Å². The Bertz CT molecular complexity index is 288. The zero-order chi connectivity index (χ0) is 14.0. The lowest BCUT2D eigenvalue weighted by Crippen LogP contribution is -2.19. The number of ether oxygens (including phenoxy) is 3. The quantitative estimate of drug-likeness (QED) is 0.266. The SMILES string of the molecule is C=C(C)C(=O)OCCOCCOC(=O)C[S+](C)C. The topological polar surface area (TPSA) is 61.8 Å². The van der Waals surface area contributed by atoms with Gasteiger partial charge in [0.2, 0.25) is 5.75 Å². The molecular formula is C12H21O5S+. The Balaban J connectivity index is 3.34. The third-order valence-corrected chi connectivity index (χ3v) is 2.52. The summed E-state index contributed by atoms with van der Waals surface area (Å²) in [5, 5.41) is 0. The van der Waals surface area contributed by atoms with E-state index in [1.54, 1.807) is 6.92 Å². The number of hydrogen-bond donors (Lipinski definition) is 0. The maximum Gasteiger partial charge on any atom is 0.356 e. The highest BCUT2D eigenvalue weighted by Crippen LogP contribution is 1.92. The second-order valence-electron chi connectivity index (χ2n) is 3.88.